The minimum atomic E-state index is 0.593. The Kier molecular flexibility index (Phi) is 4.70. The van der Waals surface area contributed by atoms with E-state index >= 15 is 0 Å². The van der Waals surface area contributed by atoms with Crippen molar-refractivity contribution in [3.63, 3.8) is 0 Å². The molecule has 1 atom stereocenters. The molecule has 2 heteroatoms. The van der Waals surface area contributed by atoms with Gasteiger partial charge in [0.25, 0.3) is 0 Å². The molecule has 0 saturated carbocycles. The maximum absolute atomic E-state index is 6.82. The lowest BCUT2D eigenvalue weighted by Crippen LogP contribution is -2.07. The molecule has 1 aromatic carbocycles. The van der Waals surface area contributed by atoms with E-state index in [2.05, 4.69) is 18.7 Å². The van der Waals surface area contributed by atoms with Crippen molar-refractivity contribution in [2.75, 3.05) is 6.61 Å². The van der Waals surface area contributed by atoms with Gasteiger partial charge < -0.3 is 4.74 Å². The second-order valence-electron chi connectivity index (χ2n) is 3.81. The quantitative estimate of drug-likeness (QED) is 0.658. The van der Waals surface area contributed by atoms with Crippen LogP contribution in [0.5, 0.6) is 5.75 Å². The van der Waals surface area contributed by atoms with Crippen LogP contribution in [-0.2, 0) is 0 Å². The lowest BCUT2D eigenvalue weighted by Gasteiger charge is -2.11. The Hall–Kier alpha value is -1.49. The molecule has 0 spiro atoms. The van der Waals surface area contributed by atoms with Gasteiger partial charge in [-0.25, -0.2) is 4.85 Å². The molecule has 0 N–H and O–H groups in total. The first-order valence-corrected chi connectivity index (χ1v) is 5.36. The Labute approximate surface area is 91.7 Å². The van der Waals surface area contributed by atoms with Crippen LogP contribution in [0, 0.1) is 12.5 Å². The maximum atomic E-state index is 6.82. The Morgan fingerprint density at radius 1 is 1.33 bits per heavy atom. The summed E-state index contributed by atoms with van der Waals surface area (Å²) < 4.78 is 5.62. The number of hydrogen-bond acceptors (Lipinski definition) is 1. The summed E-state index contributed by atoms with van der Waals surface area (Å²) in [5, 5.41) is 0. The number of nitrogens with zero attached hydrogens (tertiary/aromatic N) is 1. The van der Waals surface area contributed by atoms with Crippen molar-refractivity contribution in [1.29, 1.82) is 0 Å². The van der Waals surface area contributed by atoms with E-state index in [9.17, 15) is 0 Å². The van der Waals surface area contributed by atoms with Crippen LogP contribution in [0.15, 0.2) is 24.3 Å². The van der Waals surface area contributed by atoms with E-state index < -0.39 is 0 Å². The molecule has 0 amide bonds. The summed E-state index contributed by atoms with van der Waals surface area (Å²) in [6, 6.07) is 7.28. The normalized spacial score (nSPS) is 11.8. The summed E-state index contributed by atoms with van der Waals surface area (Å²) in [6.07, 6.45) is 2.39. The van der Waals surface area contributed by atoms with E-state index in [-0.39, 0.29) is 0 Å². The molecule has 0 aliphatic heterocycles. The van der Waals surface area contributed by atoms with Crippen LogP contribution >= 0.6 is 0 Å². The average Bonchev–Trinajstić information content (AvgIpc) is 2.27. The van der Waals surface area contributed by atoms with Gasteiger partial charge in [0, 0.05) is 0 Å². The predicted molar refractivity (Wildman–Crippen MR) is 62.3 cm³/mol. The molecule has 1 rings (SSSR count). The van der Waals surface area contributed by atoms with Gasteiger partial charge >= 0.3 is 0 Å². The van der Waals surface area contributed by atoms with Crippen LogP contribution in [-0.4, -0.2) is 6.61 Å². The highest BCUT2D eigenvalue weighted by Crippen LogP contribution is 2.18. The molecule has 0 heterocycles. The van der Waals surface area contributed by atoms with E-state index in [4.69, 9.17) is 11.3 Å². The summed E-state index contributed by atoms with van der Waals surface area (Å²) in [5.41, 5.74) is 0.656. The standard InChI is InChI=1S/C13H17NO/c1-4-5-11(2)10-15-13-8-6-12(14-3)7-9-13/h6-9,11H,4-5,10H2,1-2H3. The van der Waals surface area contributed by atoms with Crippen molar-refractivity contribution in [2.45, 2.75) is 26.7 Å². The minimum Gasteiger partial charge on any atom is -0.493 e. The van der Waals surface area contributed by atoms with Crippen LogP contribution in [0.4, 0.5) is 5.69 Å². The Bertz CT molecular complexity index is 323. The molecule has 1 unspecified atom stereocenters. The molecule has 15 heavy (non-hydrogen) atoms. The zero-order valence-corrected chi connectivity index (χ0v) is 9.36. The molecular weight excluding hydrogens is 186 g/mol. The molecule has 0 bridgehead atoms. The third kappa shape index (κ3) is 4.03. The zero-order valence-electron chi connectivity index (χ0n) is 9.36. The van der Waals surface area contributed by atoms with Gasteiger partial charge in [0.1, 0.15) is 5.75 Å². The van der Waals surface area contributed by atoms with E-state index in [1.165, 1.54) is 12.8 Å². The van der Waals surface area contributed by atoms with Gasteiger partial charge in [-0.1, -0.05) is 32.4 Å². The SMILES string of the molecule is [C-]#[N+]c1ccc(OCC(C)CCC)cc1. The fraction of sp³-hybridized carbons (Fsp3) is 0.462. The molecule has 2 nitrogen and oxygen atoms in total. The number of rotatable bonds is 5. The summed E-state index contributed by atoms with van der Waals surface area (Å²) in [5.74, 6) is 1.45. The maximum Gasteiger partial charge on any atom is 0.187 e. The Balaban J connectivity index is 2.41. The molecule has 0 aromatic heterocycles. The van der Waals surface area contributed by atoms with E-state index in [0.717, 1.165) is 12.4 Å². The van der Waals surface area contributed by atoms with Crippen LogP contribution < -0.4 is 4.74 Å². The van der Waals surface area contributed by atoms with Crippen LogP contribution in [0.25, 0.3) is 4.85 Å². The fourth-order valence-electron chi connectivity index (χ4n) is 1.43. The van der Waals surface area contributed by atoms with Gasteiger partial charge in [-0.2, -0.15) is 0 Å². The number of benzene rings is 1. The Morgan fingerprint density at radius 2 is 2.00 bits per heavy atom. The topological polar surface area (TPSA) is 13.6 Å². The molecule has 0 aliphatic carbocycles. The first kappa shape index (κ1) is 11.6. The zero-order chi connectivity index (χ0) is 11.1. The predicted octanol–water partition coefficient (Wildman–Crippen LogP) is 4.05. The molecule has 0 radical (unpaired) electrons. The van der Waals surface area contributed by atoms with Gasteiger partial charge in [0.05, 0.1) is 13.2 Å². The summed E-state index contributed by atoms with van der Waals surface area (Å²) >= 11 is 0. The lowest BCUT2D eigenvalue weighted by molar-refractivity contribution is 0.251. The van der Waals surface area contributed by atoms with Gasteiger partial charge in [-0.15, -0.1) is 0 Å². The number of hydrogen-bond donors (Lipinski definition) is 0. The van der Waals surface area contributed by atoms with Crippen LogP contribution in [0.2, 0.25) is 0 Å². The summed E-state index contributed by atoms with van der Waals surface area (Å²) in [4.78, 5) is 3.33. The van der Waals surface area contributed by atoms with Crippen molar-refractivity contribution >= 4 is 5.69 Å². The molecule has 80 valence electrons. The van der Waals surface area contributed by atoms with Crippen LogP contribution in [0.1, 0.15) is 26.7 Å². The van der Waals surface area contributed by atoms with Crippen LogP contribution in [0.3, 0.4) is 0 Å². The van der Waals surface area contributed by atoms with Crippen molar-refractivity contribution in [1.82, 2.24) is 0 Å². The van der Waals surface area contributed by atoms with Crippen molar-refractivity contribution < 1.29 is 4.74 Å². The molecule has 0 aliphatic rings. The van der Waals surface area contributed by atoms with Crippen molar-refractivity contribution in [2.24, 2.45) is 5.92 Å². The van der Waals surface area contributed by atoms with E-state index in [1.807, 2.05) is 12.1 Å². The van der Waals surface area contributed by atoms with E-state index in [0.29, 0.717) is 11.6 Å². The minimum absolute atomic E-state index is 0.593. The highest BCUT2D eigenvalue weighted by atomic mass is 16.5. The highest BCUT2D eigenvalue weighted by molar-refractivity contribution is 5.46. The van der Waals surface area contributed by atoms with Crippen molar-refractivity contribution in [3.05, 3.63) is 35.7 Å². The second-order valence-corrected chi connectivity index (χ2v) is 3.81. The third-order valence-electron chi connectivity index (χ3n) is 2.28. The number of ether oxygens (including phenoxy) is 1. The van der Waals surface area contributed by atoms with Gasteiger partial charge in [-0.3, -0.25) is 0 Å². The largest absolute Gasteiger partial charge is 0.493 e. The second kappa shape index (κ2) is 6.08. The highest BCUT2D eigenvalue weighted by Gasteiger charge is 2.01. The van der Waals surface area contributed by atoms with Crippen molar-refractivity contribution in [3.8, 4) is 5.75 Å². The molecule has 1 aromatic rings. The van der Waals surface area contributed by atoms with E-state index in [1.54, 1.807) is 12.1 Å². The smallest absolute Gasteiger partial charge is 0.187 e. The first-order chi connectivity index (χ1) is 7.26. The van der Waals surface area contributed by atoms with Gasteiger partial charge in [0.15, 0.2) is 5.69 Å². The first-order valence-electron chi connectivity index (χ1n) is 5.36. The summed E-state index contributed by atoms with van der Waals surface area (Å²) in [6.45, 7) is 12.0. The Morgan fingerprint density at radius 3 is 2.53 bits per heavy atom. The third-order valence-corrected chi connectivity index (χ3v) is 2.28. The molecule has 0 fully saturated rings. The van der Waals surface area contributed by atoms with Gasteiger partial charge in [0.2, 0.25) is 0 Å². The molecule has 0 saturated heterocycles. The average molecular weight is 203 g/mol. The molecular formula is C13H17NO. The monoisotopic (exact) mass is 203 g/mol. The lowest BCUT2D eigenvalue weighted by atomic mass is 10.1. The van der Waals surface area contributed by atoms with Gasteiger partial charge in [-0.05, 0) is 24.5 Å². The fourth-order valence-corrected chi connectivity index (χ4v) is 1.43. The summed E-state index contributed by atoms with van der Waals surface area (Å²) in [7, 11) is 0.